The van der Waals surface area contributed by atoms with Gasteiger partial charge in [0.2, 0.25) is 0 Å². The third-order valence-electron chi connectivity index (χ3n) is 4.11. The molecule has 0 atom stereocenters. The van der Waals surface area contributed by atoms with Crippen LogP contribution in [0.2, 0.25) is 0 Å². The van der Waals surface area contributed by atoms with Gasteiger partial charge in [-0.15, -0.1) is 0 Å². The smallest absolute Gasteiger partial charge is 0.405 e. The van der Waals surface area contributed by atoms with Crippen LogP contribution in [0.4, 0.5) is 22.0 Å². The van der Waals surface area contributed by atoms with Crippen LogP contribution in [0.1, 0.15) is 23.2 Å². The van der Waals surface area contributed by atoms with Crippen LogP contribution in [0.3, 0.4) is 0 Å². The molecule has 0 bridgehead atoms. The Morgan fingerprint density at radius 3 is 2.36 bits per heavy atom. The Labute approximate surface area is 156 Å². The monoisotopic (exact) mass is 408 g/mol. The summed E-state index contributed by atoms with van der Waals surface area (Å²) in [6.07, 6.45) is -4.21. The van der Waals surface area contributed by atoms with Gasteiger partial charge in [0.25, 0.3) is 11.8 Å². The second-order valence-corrected chi connectivity index (χ2v) is 6.19. The number of amides is 2. The number of benzene rings is 1. The highest BCUT2D eigenvalue weighted by Crippen LogP contribution is 2.21. The molecule has 1 aromatic carbocycles. The SMILES string of the molecule is O=C(COC(=O)C1CCN(C(=O)c2ccc(F)cc2F)CC1)NCC(F)(F)F. The summed E-state index contributed by atoms with van der Waals surface area (Å²) < 4.78 is 67.3. The maximum absolute atomic E-state index is 13.7. The Kier molecular flexibility index (Phi) is 6.92. The van der Waals surface area contributed by atoms with Crippen molar-refractivity contribution < 1.29 is 41.1 Å². The van der Waals surface area contributed by atoms with Crippen molar-refractivity contribution in [3.05, 3.63) is 35.4 Å². The Morgan fingerprint density at radius 2 is 1.79 bits per heavy atom. The van der Waals surface area contributed by atoms with E-state index in [1.54, 1.807) is 5.32 Å². The number of alkyl halides is 3. The first-order valence-electron chi connectivity index (χ1n) is 8.31. The van der Waals surface area contributed by atoms with Crippen molar-refractivity contribution in [1.82, 2.24) is 10.2 Å². The number of piperidine rings is 1. The highest BCUT2D eigenvalue weighted by molar-refractivity contribution is 5.94. The summed E-state index contributed by atoms with van der Waals surface area (Å²) in [6, 6.07) is 2.60. The van der Waals surface area contributed by atoms with Gasteiger partial charge in [-0.2, -0.15) is 13.2 Å². The maximum Gasteiger partial charge on any atom is 0.405 e. The quantitative estimate of drug-likeness (QED) is 0.598. The van der Waals surface area contributed by atoms with Crippen LogP contribution in [0.25, 0.3) is 0 Å². The van der Waals surface area contributed by atoms with E-state index in [9.17, 15) is 36.3 Å². The third kappa shape index (κ3) is 6.17. The largest absolute Gasteiger partial charge is 0.455 e. The standard InChI is InChI=1S/C17H17F5N2O4/c18-11-1-2-12(13(19)7-11)15(26)24-5-3-10(4-6-24)16(27)28-8-14(25)23-9-17(20,21)22/h1-2,7,10H,3-6,8-9H2,(H,23,25). The lowest BCUT2D eigenvalue weighted by molar-refractivity contribution is -0.155. The number of esters is 1. The molecule has 28 heavy (non-hydrogen) atoms. The molecule has 1 aliphatic heterocycles. The Balaban J connectivity index is 1.79. The molecule has 0 aliphatic carbocycles. The zero-order valence-electron chi connectivity index (χ0n) is 14.5. The first-order chi connectivity index (χ1) is 13.1. The number of nitrogens with one attached hydrogen (secondary N) is 1. The topological polar surface area (TPSA) is 75.7 Å². The molecule has 1 heterocycles. The number of rotatable bonds is 5. The zero-order chi connectivity index (χ0) is 20.9. The van der Waals surface area contributed by atoms with Crippen LogP contribution < -0.4 is 5.32 Å². The van der Waals surface area contributed by atoms with Gasteiger partial charge < -0.3 is 15.0 Å². The lowest BCUT2D eigenvalue weighted by Gasteiger charge is -2.31. The highest BCUT2D eigenvalue weighted by atomic mass is 19.4. The second kappa shape index (κ2) is 8.98. The summed E-state index contributed by atoms with van der Waals surface area (Å²) in [6.45, 7) is -2.15. The first-order valence-corrected chi connectivity index (χ1v) is 8.31. The molecule has 1 saturated heterocycles. The lowest BCUT2D eigenvalue weighted by atomic mass is 9.96. The first kappa shape index (κ1) is 21.6. The summed E-state index contributed by atoms with van der Waals surface area (Å²) in [5.41, 5.74) is -0.288. The third-order valence-corrected chi connectivity index (χ3v) is 4.11. The molecule has 1 aromatic rings. The summed E-state index contributed by atoms with van der Waals surface area (Å²) in [5.74, 6) is -4.92. The van der Waals surface area contributed by atoms with Crippen molar-refractivity contribution in [3.8, 4) is 0 Å². The van der Waals surface area contributed by atoms with Gasteiger partial charge in [-0.25, -0.2) is 8.78 Å². The van der Waals surface area contributed by atoms with Crippen molar-refractivity contribution in [2.45, 2.75) is 19.0 Å². The number of carbonyl (C=O) groups is 3. The van der Waals surface area contributed by atoms with Gasteiger partial charge in [0.05, 0.1) is 11.5 Å². The van der Waals surface area contributed by atoms with Crippen LogP contribution in [0.15, 0.2) is 18.2 Å². The molecule has 2 rings (SSSR count). The molecular weight excluding hydrogens is 391 g/mol. The summed E-state index contributed by atoms with van der Waals surface area (Å²) in [7, 11) is 0. The number of halogens is 5. The lowest BCUT2D eigenvalue weighted by Crippen LogP contribution is -2.41. The maximum atomic E-state index is 13.7. The van der Waals surface area contributed by atoms with Crippen LogP contribution in [0, 0.1) is 17.6 Å². The second-order valence-electron chi connectivity index (χ2n) is 6.19. The molecule has 0 spiro atoms. The van der Waals surface area contributed by atoms with Crippen LogP contribution >= 0.6 is 0 Å². The van der Waals surface area contributed by atoms with E-state index in [0.29, 0.717) is 6.07 Å². The normalized spacial score (nSPS) is 15.2. The van der Waals surface area contributed by atoms with Crippen molar-refractivity contribution in [2.75, 3.05) is 26.2 Å². The fourth-order valence-electron chi connectivity index (χ4n) is 2.66. The van der Waals surface area contributed by atoms with Crippen molar-refractivity contribution in [1.29, 1.82) is 0 Å². The van der Waals surface area contributed by atoms with E-state index in [4.69, 9.17) is 4.74 Å². The van der Waals surface area contributed by atoms with Gasteiger partial charge in [-0.05, 0) is 25.0 Å². The molecule has 1 N–H and O–H groups in total. The minimum absolute atomic E-state index is 0.107. The predicted octanol–water partition coefficient (Wildman–Crippen LogP) is 2.04. The zero-order valence-corrected chi connectivity index (χ0v) is 14.5. The van der Waals surface area contributed by atoms with E-state index >= 15 is 0 Å². The van der Waals surface area contributed by atoms with E-state index in [0.717, 1.165) is 12.1 Å². The van der Waals surface area contributed by atoms with E-state index in [-0.39, 0.29) is 31.5 Å². The molecule has 2 amide bonds. The Hall–Kier alpha value is -2.72. The molecule has 0 radical (unpaired) electrons. The highest BCUT2D eigenvalue weighted by Gasteiger charge is 2.31. The van der Waals surface area contributed by atoms with E-state index < -0.39 is 54.7 Å². The van der Waals surface area contributed by atoms with Gasteiger partial charge >= 0.3 is 12.1 Å². The number of carbonyl (C=O) groups excluding carboxylic acids is 3. The summed E-state index contributed by atoms with van der Waals surface area (Å²) in [5, 5.41) is 1.57. The fraction of sp³-hybridized carbons (Fsp3) is 0.471. The van der Waals surface area contributed by atoms with E-state index in [1.807, 2.05) is 0 Å². The van der Waals surface area contributed by atoms with Crippen molar-refractivity contribution in [3.63, 3.8) is 0 Å². The minimum Gasteiger partial charge on any atom is -0.455 e. The van der Waals surface area contributed by atoms with E-state index in [1.165, 1.54) is 4.90 Å². The average Bonchev–Trinajstić information content (AvgIpc) is 2.63. The molecule has 0 aromatic heterocycles. The van der Waals surface area contributed by atoms with Gasteiger partial charge in [0.1, 0.15) is 18.2 Å². The summed E-state index contributed by atoms with van der Waals surface area (Å²) in [4.78, 5) is 36.7. The minimum atomic E-state index is -4.57. The molecule has 6 nitrogen and oxygen atoms in total. The number of hydrogen-bond donors (Lipinski definition) is 1. The molecule has 11 heteroatoms. The predicted molar refractivity (Wildman–Crippen MR) is 85.0 cm³/mol. The van der Waals surface area contributed by atoms with Gasteiger partial charge in [-0.1, -0.05) is 0 Å². The van der Waals surface area contributed by atoms with E-state index in [2.05, 4.69) is 0 Å². The van der Waals surface area contributed by atoms with Gasteiger partial charge in [0, 0.05) is 19.2 Å². The number of hydrogen-bond acceptors (Lipinski definition) is 4. The number of likely N-dealkylation sites (tertiary alicyclic amines) is 1. The fourth-order valence-corrected chi connectivity index (χ4v) is 2.66. The molecule has 1 aliphatic rings. The Morgan fingerprint density at radius 1 is 1.14 bits per heavy atom. The number of nitrogens with zero attached hydrogens (tertiary/aromatic N) is 1. The average molecular weight is 408 g/mol. The summed E-state index contributed by atoms with van der Waals surface area (Å²) >= 11 is 0. The molecule has 0 unspecified atom stereocenters. The van der Waals surface area contributed by atoms with Crippen LogP contribution in [-0.4, -0.2) is 55.1 Å². The van der Waals surface area contributed by atoms with Crippen molar-refractivity contribution >= 4 is 17.8 Å². The van der Waals surface area contributed by atoms with Crippen molar-refractivity contribution in [2.24, 2.45) is 5.92 Å². The van der Waals surface area contributed by atoms with Gasteiger partial charge in [-0.3, -0.25) is 14.4 Å². The van der Waals surface area contributed by atoms with Crippen LogP contribution in [0.5, 0.6) is 0 Å². The van der Waals surface area contributed by atoms with Gasteiger partial charge in [0.15, 0.2) is 6.61 Å². The number of ether oxygens (including phenoxy) is 1. The molecular formula is C17H17F5N2O4. The molecule has 1 fully saturated rings. The molecule has 154 valence electrons. The Bertz CT molecular complexity index is 746. The van der Waals surface area contributed by atoms with Crippen LogP contribution in [-0.2, 0) is 14.3 Å². The molecule has 0 saturated carbocycles.